The fraction of sp³-hybridized carbons (Fsp3) is 0.571. The van der Waals surface area contributed by atoms with Crippen LogP contribution in [0.25, 0.3) is 0 Å². The van der Waals surface area contributed by atoms with Crippen molar-refractivity contribution >= 4 is 17.8 Å². The minimum atomic E-state index is -0.663. The molecule has 1 unspecified atom stereocenters. The second-order valence-electron chi connectivity index (χ2n) is 8.44. The summed E-state index contributed by atoms with van der Waals surface area (Å²) in [5, 5.41) is 0. The van der Waals surface area contributed by atoms with Gasteiger partial charge in [-0.05, 0) is 30.7 Å². The Kier molecular flexibility index (Phi) is 5.84. The van der Waals surface area contributed by atoms with E-state index in [9.17, 15) is 14.4 Å². The number of imide groups is 1. The van der Waals surface area contributed by atoms with Gasteiger partial charge in [0.15, 0.2) is 0 Å². The molecule has 3 rings (SSSR count). The second kappa shape index (κ2) is 8.02. The number of carbonyl (C=O) groups is 3. The van der Waals surface area contributed by atoms with Crippen LogP contribution in [0.4, 0.5) is 4.79 Å². The van der Waals surface area contributed by atoms with Crippen molar-refractivity contribution in [1.29, 1.82) is 0 Å². The summed E-state index contributed by atoms with van der Waals surface area (Å²) in [5.74, 6) is 0.274. The van der Waals surface area contributed by atoms with Gasteiger partial charge in [0, 0.05) is 31.2 Å². The molecule has 29 heavy (non-hydrogen) atoms. The van der Waals surface area contributed by atoms with Gasteiger partial charge in [-0.1, -0.05) is 13.8 Å². The average molecular weight is 403 g/mol. The molecule has 4 amide bonds. The normalized spacial score (nSPS) is 21.3. The van der Waals surface area contributed by atoms with Gasteiger partial charge < -0.3 is 19.3 Å². The largest absolute Gasteiger partial charge is 0.497 e. The van der Waals surface area contributed by atoms with Gasteiger partial charge in [-0.15, -0.1) is 0 Å². The van der Waals surface area contributed by atoms with E-state index in [-0.39, 0.29) is 43.0 Å². The predicted octanol–water partition coefficient (Wildman–Crippen LogP) is 1.76. The molecular weight excluding hydrogens is 374 g/mol. The maximum Gasteiger partial charge on any atom is 0.327 e. The number of nitrogens with zero attached hydrogens (tertiary/aromatic N) is 3. The van der Waals surface area contributed by atoms with Crippen LogP contribution in [0.2, 0.25) is 0 Å². The Morgan fingerprint density at radius 1 is 1.21 bits per heavy atom. The number of hydrogen-bond donors (Lipinski definition) is 0. The Bertz CT molecular complexity index is 823. The standard InChI is InChI=1S/C21H29N3O5/c1-14-10-15(29-5)6-7-16(14)18(25)22-11-17-19(26)23(8-9-28-4)20(27)24(17)13-21(2,3)12-22/h6-7,10,17H,8-9,11-13H2,1-5H3. The summed E-state index contributed by atoms with van der Waals surface area (Å²) < 4.78 is 10.3. The maximum atomic E-state index is 13.3. The number of urea groups is 1. The van der Waals surface area contributed by atoms with E-state index in [0.717, 1.165) is 5.56 Å². The van der Waals surface area contributed by atoms with Crippen LogP contribution in [0.15, 0.2) is 18.2 Å². The second-order valence-corrected chi connectivity index (χ2v) is 8.44. The van der Waals surface area contributed by atoms with Crippen LogP contribution in [0.3, 0.4) is 0 Å². The number of methoxy groups -OCH3 is 2. The van der Waals surface area contributed by atoms with Crippen LogP contribution in [-0.4, -0.2) is 85.6 Å². The molecule has 0 spiro atoms. The molecule has 0 saturated carbocycles. The third kappa shape index (κ3) is 4.07. The minimum absolute atomic E-state index is 0.143. The number of rotatable bonds is 5. The number of aryl methyl sites for hydroxylation is 1. The minimum Gasteiger partial charge on any atom is -0.497 e. The van der Waals surface area contributed by atoms with Crippen LogP contribution in [-0.2, 0) is 9.53 Å². The lowest BCUT2D eigenvalue weighted by Gasteiger charge is -2.31. The van der Waals surface area contributed by atoms with E-state index < -0.39 is 6.04 Å². The van der Waals surface area contributed by atoms with Crippen LogP contribution >= 0.6 is 0 Å². The smallest absolute Gasteiger partial charge is 0.327 e. The zero-order valence-corrected chi connectivity index (χ0v) is 17.7. The molecule has 158 valence electrons. The first kappa shape index (κ1) is 21.1. The first-order chi connectivity index (χ1) is 13.7. The van der Waals surface area contributed by atoms with Crippen LogP contribution in [0.5, 0.6) is 5.75 Å². The molecular formula is C21H29N3O5. The lowest BCUT2D eigenvalue weighted by Crippen LogP contribution is -2.44. The van der Waals surface area contributed by atoms with Crippen molar-refractivity contribution in [2.75, 3.05) is 47.0 Å². The van der Waals surface area contributed by atoms with Gasteiger partial charge in [0.05, 0.1) is 26.8 Å². The summed E-state index contributed by atoms with van der Waals surface area (Å²) in [6.07, 6.45) is 0. The van der Waals surface area contributed by atoms with Crippen molar-refractivity contribution in [3.8, 4) is 5.75 Å². The Morgan fingerprint density at radius 3 is 2.55 bits per heavy atom. The highest BCUT2D eigenvalue weighted by Crippen LogP contribution is 2.31. The van der Waals surface area contributed by atoms with Crippen molar-refractivity contribution in [2.45, 2.75) is 26.8 Å². The van der Waals surface area contributed by atoms with Crippen LogP contribution < -0.4 is 4.74 Å². The quantitative estimate of drug-likeness (QED) is 0.700. The molecule has 2 saturated heterocycles. The molecule has 1 aromatic carbocycles. The number of benzene rings is 1. The monoisotopic (exact) mass is 403 g/mol. The van der Waals surface area contributed by atoms with Gasteiger partial charge >= 0.3 is 6.03 Å². The van der Waals surface area contributed by atoms with Gasteiger partial charge in [-0.25, -0.2) is 4.79 Å². The van der Waals surface area contributed by atoms with Crippen molar-refractivity contribution < 1.29 is 23.9 Å². The Morgan fingerprint density at radius 2 is 1.93 bits per heavy atom. The molecule has 0 aliphatic carbocycles. The van der Waals surface area contributed by atoms with E-state index in [4.69, 9.17) is 9.47 Å². The van der Waals surface area contributed by atoms with Crippen LogP contribution in [0.1, 0.15) is 29.8 Å². The highest BCUT2D eigenvalue weighted by Gasteiger charge is 2.50. The van der Waals surface area contributed by atoms with E-state index in [0.29, 0.717) is 24.4 Å². The zero-order chi connectivity index (χ0) is 21.3. The fourth-order valence-electron chi connectivity index (χ4n) is 4.07. The Labute approximate surface area is 171 Å². The summed E-state index contributed by atoms with van der Waals surface area (Å²) in [6, 6.07) is 4.35. The van der Waals surface area contributed by atoms with Gasteiger partial charge in [-0.3, -0.25) is 14.5 Å². The summed E-state index contributed by atoms with van der Waals surface area (Å²) in [7, 11) is 3.12. The number of hydrogen-bond acceptors (Lipinski definition) is 5. The molecule has 2 aliphatic rings. The maximum absolute atomic E-state index is 13.3. The molecule has 1 atom stereocenters. The van der Waals surface area contributed by atoms with E-state index in [1.54, 1.807) is 29.0 Å². The molecule has 2 heterocycles. The third-order valence-electron chi connectivity index (χ3n) is 5.48. The number of amides is 4. The SMILES string of the molecule is COCCN1C(=O)C2CN(C(=O)c3ccc(OC)cc3C)CC(C)(C)CN2C1=O. The molecule has 0 aromatic heterocycles. The average Bonchev–Trinajstić information content (AvgIpc) is 2.80. The molecule has 2 aliphatic heterocycles. The van der Waals surface area contributed by atoms with Crippen molar-refractivity contribution in [3.05, 3.63) is 29.3 Å². The Hall–Kier alpha value is -2.61. The number of ether oxygens (including phenoxy) is 2. The van der Waals surface area contributed by atoms with Gasteiger partial charge in [0.1, 0.15) is 11.8 Å². The first-order valence-corrected chi connectivity index (χ1v) is 9.73. The number of carbonyl (C=O) groups excluding carboxylic acids is 3. The lowest BCUT2D eigenvalue weighted by atomic mass is 9.92. The molecule has 0 bridgehead atoms. The van der Waals surface area contributed by atoms with Gasteiger partial charge in [0.2, 0.25) is 0 Å². The lowest BCUT2D eigenvalue weighted by molar-refractivity contribution is -0.128. The number of fused-ring (bicyclic) bond motifs is 1. The van der Waals surface area contributed by atoms with Gasteiger partial charge in [0.25, 0.3) is 11.8 Å². The third-order valence-corrected chi connectivity index (χ3v) is 5.48. The fourth-order valence-corrected chi connectivity index (χ4v) is 4.07. The Balaban J connectivity index is 1.89. The molecule has 2 fully saturated rings. The van der Waals surface area contributed by atoms with E-state index in [1.165, 1.54) is 12.0 Å². The topological polar surface area (TPSA) is 79.4 Å². The summed E-state index contributed by atoms with van der Waals surface area (Å²) in [4.78, 5) is 43.6. The van der Waals surface area contributed by atoms with Crippen LogP contribution in [0, 0.1) is 12.3 Å². The molecule has 0 N–H and O–H groups in total. The summed E-state index contributed by atoms with van der Waals surface area (Å²) in [5.41, 5.74) is 1.03. The molecule has 0 radical (unpaired) electrons. The molecule has 8 nitrogen and oxygen atoms in total. The highest BCUT2D eigenvalue weighted by atomic mass is 16.5. The van der Waals surface area contributed by atoms with Gasteiger partial charge in [-0.2, -0.15) is 0 Å². The van der Waals surface area contributed by atoms with Crippen molar-refractivity contribution in [1.82, 2.24) is 14.7 Å². The van der Waals surface area contributed by atoms with E-state index >= 15 is 0 Å². The predicted molar refractivity (Wildman–Crippen MR) is 107 cm³/mol. The molecule has 1 aromatic rings. The summed E-state index contributed by atoms with van der Waals surface area (Å²) in [6.45, 7) is 7.43. The van der Waals surface area contributed by atoms with Crippen molar-refractivity contribution in [3.63, 3.8) is 0 Å². The van der Waals surface area contributed by atoms with Crippen molar-refractivity contribution in [2.24, 2.45) is 5.41 Å². The highest BCUT2D eigenvalue weighted by molar-refractivity contribution is 6.05. The van der Waals surface area contributed by atoms with E-state index in [2.05, 4.69) is 0 Å². The first-order valence-electron chi connectivity index (χ1n) is 9.73. The zero-order valence-electron chi connectivity index (χ0n) is 17.7. The van der Waals surface area contributed by atoms with E-state index in [1.807, 2.05) is 26.8 Å². The summed E-state index contributed by atoms with van der Waals surface area (Å²) >= 11 is 0. The molecule has 8 heteroatoms.